The molecule has 1 aromatic heterocycles. The fourth-order valence-electron chi connectivity index (χ4n) is 1.85. The predicted octanol–water partition coefficient (Wildman–Crippen LogP) is 3.74. The quantitative estimate of drug-likeness (QED) is 0.871. The number of rotatable bonds is 6. The maximum atomic E-state index is 5.95. The second-order valence-electron chi connectivity index (χ2n) is 4.64. The first-order valence-corrected chi connectivity index (χ1v) is 8.01. The Morgan fingerprint density at radius 3 is 3.05 bits per heavy atom. The highest BCUT2D eigenvalue weighted by molar-refractivity contribution is 9.10. The van der Waals surface area contributed by atoms with Crippen LogP contribution in [0, 0.1) is 0 Å². The van der Waals surface area contributed by atoms with Gasteiger partial charge in [0.2, 0.25) is 0 Å². The summed E-state index contributed by atoms with van der Waals surface area (Å²) in [6.45, 7) is 1.44. The van der Waals surface area contributed by atoms with Crippen LogP contribution in [0.5, 0.6) is 5.75 Å². The summed E-state index contributed by atoms with van der Waals surface area (Å²) in [6.07, 6.45) is 4.44. The molecule has 19 heavy (non-hydrogen) atoms. The SMILES string of the molecule is Brc1cccc(CNC2CC2)c1OCc1cncs1. The Hall–Kier alpha value is -0.910. The van der Waals surface area contributed by atoms with Crippen molar-refractivity contribution in [2.45, 2.75) is 32.0 Å². The van der Waals surface area contributed by atoms with Gasteiger partial charge in [0.15, 0.2) is 0 Å². The molecule has 1 N–H and O–H groups in total. The van der Waals surface area contributed by atoms with Crippen LogP contribution in [0.25, 0.3) is 0 Å². The van der Waals surface area contributed by atoms with Gasteiger partial charge >= 0.3 is 0 Å². The van der Waals surface area contributed by atoms with Crippen molar-refractivity contribution in [1.29, 1.82) is 0 Å². The molecule has 0 saturated heterocycles. The van der Waals surface area contributed by atoms with Gasteiger partial charge in [0, 0.05) is 24.3 Å². The van der Waals surface area contributed by atoms with E-state index in [0.717, 1.165) is 21.6 Å². The number of para-hydroxylation sites is 1. The van der Waals surface area contributed by atoms with E-state index in [1.807, 2.05) is 23.8 Å². The van der Waals surface area contributed by atoms with Crippen molar-refractivity contribution in [2.75, 3.05) is 0 Å². The van der Waals surface area contributed by atoms with Crippen LogP contribution in [0.15, 0.2) is 34.4 Å². The van der Waals surface area contributed by atoms with Crippen LogP contribution < -0.4 is 10.1 Å². The van der Waals surface area contributed by atoms with Crippen LogP contribution in [0.3, 0.4) is 0 Å². The van der Waals surface area contributed by atoms with Gasteiger partial charge in [-0.2, -0.15) is 0 Å². The third-order valence-corrected chi connectivity index (χ3v) is 4.43. The molecule has 1 saturated carbocycles. The molecular formula is C14H15BrN2OS. The fourth-order valence-corrected chi connectivity index (χ4v) is 2.88. The van der Waals surface area contributed by atoms with E-state index < -0.39 is 0 Å². The van der Waals surface area contributed by atoms with Gasteiger partial charge in [-0.05, 0) is 34.8 Å². The van der Waals surface area contributed by atoms with Crippen molar-refractivity contribution in [3.05, 3.63) is 44.8 Å². The molecule has 3 rings (SSSR count). The topological polar surface area (TPSA) is 34.1 Å². The van der Waals surface area contributed by atoms with E-state index in [0.29, 0.717) is 12.6 Å². The molecule has 1 fully saturated rings. The van der Waals surface area contributed by atoms with E-state index >= 15 is 0 Å². The molecule has 1 aromatic carbocycles. The molecule has 2 aromatic rings. The zero-order valence-electron chi connectivity index (χ0n) is 10.4. The van der Waals surface area contributed by atoms with Crippen molar-refractivity contribution in [1.82, 2.24) is 10.3 Å². The highest BCUT2D eigenvalue weighted by Crippen LogP contribution is 2.31. The van der Waals surface area contributed by atoms with Crippen molar-refractivity contribution in [3.8, 4) is 5.75 Å². The van der Waals surface area contributed by atoms with E-state index in [1.54, 1.807) is 11.3 Å². The maximum Gasteiger partial charge on any atom is 0.138 e. The lowest BCUT2D eigenvalue weighted by Gasteiger charge is -2.13. The molecule has 3 nitrogen and oxygen atoms in total. The highest BCUT2D eigenvalue weighted by atomic mass is 79.9. The molecule has 0 atom stereocenters. The van der Waals surface area contributed by atoms with Crippen LogP contribution in [-0.2, 0) is 13.2 Å². The average Bonchev–Trinajstić information content (AvgIpc) is 3.10. The standard InChI is InChI=1S/C14H15BrN2OS/c15-13-3-1-2-10(6-17-11-4-5-11)14(13)18-8-12-7-16-9-19-12/h1-3,7,9,11,17H,4-6,8H2. The minimum atomic E-state index is 0.573. The summed E-state index contributed by atoms with van der Waals surface area (Å²) < 4.78 is 6.96. The van der Waals surface area contributed by atoms with Gasteiger partial charge in [-0.25, -0.2) is 0 Å². The maximum absolute atomic E-state index is 5.95. The Balaban J connectivity index is 1.69. The zero-order valence-corrected chi connectivity index (χ0v) is 12.8. The van der Waals surface area contributed by atoms with Crippen LogP contribution in [0.2, 0.25) is 0 Å². The van der Waals surface area contributed by atoms with Gasteiger partial charge in [-0.1, -0.05) is 12.1 Å². The van der Waals surface area contributed by atoms with E-state index in [4.69, 9.17) is 4.74 Å². The van der Waals surface area contributed by atoms with Crippen LogP contribution in [-0.4, -0.2) is 11.0 Å². The number of halogens is 1. The van der Waals surface area contributed by atoms with Gasteiger partial charge in [0.1, 0.15) is 12.4 Å². The molecule has 0 aliphatic heterocycles. The smallest absolute Gasteiger partial charge is 0.138 e. The summed E-state index contributed by atoms with van der Waals surface area (Å²) >= 11 is 5.18. The molecule has 0 radical (unpaired) electrons. The molecular weight excluding hydrogens is 324 g/mol. The number of ether oxygens (including phenoxy) is 1. The van der Waals surface area contributed by atoms with E-state index in [9.17, 15) is 0 Å². The largest absolute Gasteiger partial charge is 0.486 e. The normalized spacial score (nSPS) is 14.6. The van der Waals surface area contributed by atoms with Gasteiger partial charge in [0.25, 0.3) is 0 Å². The average molecular weight is 339 g/mol. The fraction of sp³-hybridized carbons (Fsp3) is 0.357. The monoisotopic (exact) mass is 338 g/mol. The first-order chi connectivity index (χ1) is 9.33. The van der Waals surface area contributed by atoms with Gasteiger partial charge in [-0.3, -0.25) is 4.98 Å². The molecule has 1 heterocycles. The highest BCUT2D eigenvalue weighted by Gasteiger charge is 2.21. The number of hydrogen-bond acceptors (Lipinski definition) is 4. The number of hydrogen-bond donors (Lipinski definition) is 1. The van der Waals surface area contributed by atoms with Crippen LogP contribution >= 0.6 is 27.3 Å². The minimum Gasteiger partial charge on any atom is -0.486 e. The summed E-state index contributed by atoms with van der Waals surface area (Å²) in [5.41, 5.74) is 3.03. The first-order valence-electron chi connectivity index (χ1n) is 6.34. The second-order valence-corrected chi connectivity index (χ2v) is 6.46. The molecule has 0 unspecified atom stereocenters. The van der Waals surface area contributed by atoms with Crippen molar-refractivity contribution in [3.63, 3.8) is 0 Å². The number of benzene rings is 1. The lowest BCUT2D eigenvalue weighted by molar-refractivity contribution is 0.303. The Morgan fingerprint density at radius 2 is 2.32 bits per heavy atom. The third kappa shape index (κ3) is 3.55. The minimum absolute atomic E-state index is 0.573. The lowest BCUT2D eigenvalue weighted by Crippen LogP contribution is -2.16. The molecule has 0 spiro atoms. The number of thiazole rings is 1. The Morgan fingerprint density at radius 1 is 1.42 bits per heavy atom. The van der Waals surface area contributed by atoms with Crippen molar-refractivity contribution in [2.24, 2.45) is 0 Å². The zero-order chi connectivity index (χ0) is 13.1. The summed E-state index contributed by atoms with van der Waals surface area (Å²) in [7, 11) is 0. The molecule has 1 aliphatic carbocycles. The van der Waals surface area contributed by atoms with Gasteiger partial charge in [0.05, 0.1) is 14.9 Å². The number of aromatic nitrogens is 1. The lowest BCUT2D eigenvalue weighted by atomic mass is 10.2. The van der Waals surface area contributed by atoms with E-state index in [-0.39, 0.29) is 0 Å². The van der Waals surface area contributed by atoms with Crippen LogP contribution in [0.1, 0.15) is 23.3 Å². The molecule has 100 valence electrons. The molecule has 1 aliphatic rings. The molecule has 0 amide bonds. The summed E-state index contributed by atoms with van der Waals surface area (Å²) in [6, 6.07) is 6.88. The van der Waals surface area contributed by atoms with Gasteiger partial charge in [-0.15, -0.1) is 11.3 Å². The third-order valence-electron chi connectivity index (χ3n) is 3.05. The van der Waals surface area contributed by atoms with Crippen LogP contribution in [0.4, 0.5) is 0 Å². The first kappa shape index (κ1) is 13.1. The number of nitrogens with one attached hydrogen (secondary N) is 1. The molecule has 0 bridgehead atoms. The molecule has 5 heteroatoms. The second kappa shape index (κ2) is 6.03. The van der Waals surface area contributed by atoms with E-state index in [2.05, 4.69) is 32.3 Å². The summed E-state index contributed by atoms with van der Waals surface area (Å²) in [4.78, 5) is 5.20. The Kier molecular flexibility index (Phi) is 4.15. The summed E-state index contributed by atoms with van der Waals surface area (Å²) in [5, 5.41) is 3.52. The summed E-state index contributed by atoms with van der Waals surface area (Å²) in [5.74, 6) is 0.934. The Labute approximate surface area is 125 Å². The number of nitrogens with zero attached hydrogens (tertiary/aromatic N) is 1. The van der Waals surface area contributed by atoms with Crippen molar-refractivity contribution < 1.29 is 4.74 Å². The van der Waals surface area contributed by atoms with Gasteiger partial charge < -0.3 is 10.1 Å². The van der Waals surface area contributed by atoms with E-state index in [1.165, 1.54) is 18.4 Å². The predicted molar refractivity (Wildman–Crippen MR) is 80.4 cm³/mol. The Bertz CT molecular complexity index is 540. The van der Waals surface area contributed by atoms with Crippen molar-refractivity contribution >= 4 is 27.3 Å².